The number of ether oxygens (including phenoxy) is 1. The van der Waals surface area contributed by atoms with Gasteiger partial charge < -0.3 is 25.8 Å². The van der Waals surface area contributed by atoms with E-state index in [0.29, 0.717) is 13.0 Å². The number of aromatic nitrogens is 1. The number of nitrogens with zero attached hydrogens (tertiary/aromatic N) is 2. The minimum Gasteiger partial charge on any atom is -0.480 e. The number of alkyl halides is 1. The fourth-order valence-electron chi connectivity index (χ4n) is 4.21. The van der Waals surface area contributed by atoms with Crippen LogP contribution in [0.3, 0.4) is 0 Å². The van der Waals surface area contributed by atoms with Crippen LogP contribution in [0.5, 0.6) is 0 Å². The number of rotatable bonds is 10. The number of amides is 2. The zero-order valence-electron chi connectivity index (χ0n) is 19.8. The maximum Gasteiger partial charge on any atom is 0.408 e. The smallest absolute Gasteiger partial charge is 0.408 e. The topological polar surface area (TPSA) is 133 Å². The van der Waals surface area contributed by atoms with Crippen molar-refractivity contribution in [2.75, 3.05) is 38.0 Å². The molecule has 3 heterocycles. The van der Waals surface area contributed by atoms with Crippen molar-refractivity contribution in [3.63, 3.8) is 0 Å². The Hall–Kier alpha value is -3.73. The summed E-state index contributed by atoms with van der Waals surface area (Å²) in [6.45, 7) is 0.775. The van der Waals surface area contributed by atoms with Crippen LogP contribution in [0, 0.1) is 0 Å². The number of alkyl carbamates (subject to hydrolysis) is 1. The van der Waals surface area contributed by atoms with Crippen LogP contribution in [-0.4, -0.2) is 77.4 Å². The first kappa shape index (κ1) is 25.4. The number of carbonyl (C=O) groups excluding carboxylic acids is 2. The molecule has 2 amide bonds. The fourth-order valence-corrected chi connectivity index (χ4v) is 4.21. The lowest BCUT2D eigenvalue weighted by molar-refractivity contribution is -0.145. The lowest BCUT2D eigenvalue weighted by atomic mass is 9.94. The number of anilines is 1. The zero-order chi connectivity index (χ0) is 25.5. The number of nitrogens with one attached hydrogen (secondary N) is 3. The number of pyridine rings is 1. The van der Waals surface area contributed by atoms with E-state index in [2.05, 4.69) is 27.0 Å². The molecule has 1 aromatic carbocycles. The second kappa shape index (κ2) is 11.3. The highest BCUT2D eigenvalue weighted by Gasteiger charge is 2.49. The van der Waals surface area contributed by atoms with Gasteiger partial charge in [-0.05, 0) is 30.0 Å². The van der Waals surface area contributed by atoms with E-state index in [9.17, 15) is 23.9 Å². The Kier molecular flexibility index (Phi) is 7.99. The van der Waals surface area contributed by atoms with E-state index in [1.807, 2.05) is 17.0 Å². The van der Waals surface area contributed by atoms with Crippen molar-refractivity contribution in [3.05, 3.63) is 59.3 Å². The van der Waals surface area contributed by atoms with Crippen LogP contribution >= 0.6 is 0 Å². The number of aryl methyl sites for hydroxylation is 1. The molecule has 11 heteroatoms. The maximum atomic E-state index is 15.0. The number of carboxylic acids is 1. The monoisotopic (exact) mass is 499 g/mol. The van der Waals surface area contributed by atoms with Crippen LogP contribution in [0.15, 0.2) is 42.5 Å². The molecule has 0 spiro atoms. The number of hydrogen-bond acceptors (Lipinski definition) is 7. The molecule has 0 saturated carbocycles. The Labute approximate surface area is 208 Å². The van der Waals surface area contributed by atoms with E-state index in [-0.39, 0.29) is 19.7 Å². The number of fused-ring (bicyclic) bond motifs is 1. The summed E-state index contributed by atoms with van der Waals surface area (Å²) in [4.78, 5) is 42.2. The molecule has 4 rings (SSSR count). The van der Waals surface area contributed by atoms with Gasteiger partial charge in [0, 0.05) is 44.8 Å². The molecule has 36 heavy (non-hydrogen) atoms. The van der Waals surface area contributed by atoms with Crippen LogP contribution in [0.2, 0.25) is 0 Å². The summed E-state index contributed by atoms with van der Waals surface area (Å²) < 4.78 is 20.0. The van der Waals surface area contributed by atoms with Gasteiger partial charge in [-0.25, -0.2) is 19.0 Å². The maximum absolute atomic E-state index is 15.0. The average molecular weight is 500 g/mol. The van der Waals surface area contributed by atoms with Gasteiger partial charge in [0.05, 0.1) is 0 Å². The lowest BCUT2D eigenvalue weighted by Crippen LogP contribution is -2.67. The summed E-state index contributed by atoms with van der Waals surface area (Å²) in [5, 5.41) is 17.1. The SMILES string of the molecule is O=C(NC(CNC(=O)C1(F)CN(CCc2ccc3c(n2)NCCC3)C1)C(=O)O)OCc1ccccc1. The van der Waals surface area contributed by atoms with Gasteiger partial charge in [0.15, 0.2) is 0 Å². The van der Waals surface area contributed by atoms with Gasteiger partial charge in [-0.3, -0.25) is 9.69 Å². The molecular weight excluding hydrogens is 469 g/mol. The molecule has 10 nitrogen and oxygen atoms in total. The number of carboxylic acid groups (broad SMARTS) is 1. The third kappa shape index (κ3) is 6.48. The van der Waals surface area contributed by atoms with Gasteiger partial charge in [-0.2, -0.15) is 0 Å². The third-order valence-electron chi connectivity index (χ3n) is 6.26. The van der Waals surface area contributed by atoms with Crippen molar-refractivity contribution >= 4 is 23.8 Å². The summed E-state index contributed by atoms with van der Waals surface area (Å²) in [7, 11) is 0. The Morgan fingerprint density at radius 2 is 1.97 bits per heavy atom. The molecule has 2 aliphatic heterocycles. The second-order valence-corrected chi connectivity index (χ2v) is 9.07. The van der Waals surface area contributed by atoms with Crippen LogP contribution in [0.4, 0.5) is 15.0 Å². The molecule has 1 atom stereocenters. The Bertz CT molecular complexity index is 1090. The third-order valence-corrected chi connectivity index (χ3v) is 6.26. The summed E-state index contributed by atoms with van der Waals surface area (Å²) in [6, 6.07) is 11.5. The van der Waals surface area contributed by atoms with Crippen molar-refractivity contribution in [1.29, 1.82) is 0 Å². The van der Waals surface area contributed by atoms with Gasteiger partial charge in [0.1, 0.15) is 18.5 Å². The fraction of sp³-hybridized carbons (Fsp3) is 0.440. The standard InChI is InChI=1S/C25H30FN5O5/c26-25(15-31(16-25)12-10-19-9-8-18-7-4-11-27-21(18)29-19)23(34)28-13-20(22(32)33)30-24(35)36-14-17-5-2-1-3-6-17/h1-3,5-6,8-9,20H,4,7,10-16H2,(H,27,29)(H,28,34)(H,30,35)(H,32,33). The summed E-state index contributed by atoms with van der Waals surface area (Å²) >= 11 is 0. The number of likely N-dealkylation sites (tertiary alicyclic amines) is 1. The van der Waals surface area contributed by atoms with E-state index in [0.717, 1.165) is 36.5 Å². The van der Waals surface area contributed by atoms with Crippen molar-refractivity contribution in [3.8, 4) is 0 Å². The first-order valence-electron chi connectivity index (χ1n) is 11.9. The Morgan fingerprint density at radius 3 is 2.72 bits per heavy atom. The van der Waals surface area contributed by atoms with E-state index < -0.39 is 36.2 Å². The molecule has 4 N–H and O–H groups in total. The second-order valence-electron chi connectivity index (χ2n) is 9.07. The molecule has 2 aliphatic rings. The Balaban J connectivity index is 1.18. The molecule has 0 radical (unpaired) electrons. The van der Waals surface area contributed by atoms with Gasteiger partial charge in [-0.15, -0.1) is 0 Å². The molecule has 1 unspecified atom stereocenters. The number of halogens is 1. The zero-order valence-corrected chi connectivity index (χ0v) is 19.8. The minimum absolute atomic E-state index is 0.0354. The van der Waals surface area contributed by atoms with E-state index in [1.54, 1.807) is 24.3 Å². The highest BCUT2D eigenvalue weighted by molar-refractivity contribution is 5.88. The van der Waals surface area contributed by atoms with Gasteiger partial charge in [0.25, 0.3) is 5.91 Å². The first-order valence-corrected chi connectivity index (χ1v) is 11.9. The van der Waals surface area contributed by atoms with E-state index >= 15 is 0 Å². The van der Waals surface area contributed by atoms with Crippen molar-refractivity contribution < 1.29 is 28.6 Å². The number of carbonyl (C=O) groups is 3. The van der Waals surface area contributed by atoms with Crippen molar-refractivity contribution in [1.82, 2.24) is 20.5 Å². The van der Waals surface area contributed by atoms with Gasteiger partial charge in [0.2, 0.25) is 5.67 Å². The summed E-state index contributed by atoms with van der Waals surface area (Å²) in [5.74, 6) is -1.37. The summed E-state index contributed by atoms with van der Waals surface area (Å²) in [5.41, 5.74) is 0.730. The Morgan fingerprint density at radius 1 is 1.19 bits per heavy atom. The van der Waals surface area contributed by atoms with E-state index in [4.69, 9.17) is 4.74 Å². The molecule has 2 aromatic rings. The molecule has 192 valence electrons. The average Bonchev–Trinajstić information content (AvgIpc) is 2.87. The number of aliphatic carboxylic acids is 1. The largest absolute Gasteiger partial charge is 0.480 e. The van der Waals surface area contributed by atoms with E-state index in [1.165, 1.54) is 5.56 Å². The van der Waals surface area contributed by atoms with Crippen LogP contribution in [-0.2, 0) is 33.8 Å². The van der Waals surface area contributed by atoms with Crippen LogP contribution < -0.4 is 16.0 Å². The highest BCUT2D eigenvalue weighted by atomic mass is 19.1. The first-order chi connectivity index (χ1) is 17.3. The van der Waals surface area contributed by atoms with Crippen molar-refractivity contribution in [2.24, 2.45) is 0 Å². The quantitative estimate of drug-likeness (QED) is 0.387. The van der Waals surface area contributed by atoms with Gasteiger partial charge in [-0.1, -0.05) is 36.4 Å². The molecule has 1 fully saturated rings. The highest BCUT2D eigenvalue weighted by Crippen LogP contribution is 2.26. The molecule has 0 aliphatic carbocycles. The lowest BCUT2D eigenvalue weighted by Gasteiger charge is -2.43. The molecule has 0 bridgehead atoms. The molecular formula is C25H30FN5O5. The van der Waals surface area contributed by atoms with Crippen LogP contribution in [0.1, 0.15) is 23.2 Å². The van der Waals surface area contributed by atoms with Crippen LogP contribution in [0.25, 0.3) is 0 Å². The minimum atomic E-state index is -2.11. The predicted molar refractivity (Wildman–Crippen MR) is 129 cm³/mol. The van der Waals surface area contributed by atoms with Gasteiger partial charge >= 0.3 is 12.1 Å². The number of hydrogen-bond donors (Lipinski definition) is 4. The molecule has 1 saturated heterocycles. The predicted octanol–water partition coefficient (Wildman–Crippen LogP) is 1.50. The van der Waals surface area contributed by atoms with Crippen molar-refractivity contribution in [2.45, 2.75) is 37.6 Å². The normalized spacial score (nSPS) is 17.0. The number of benzene rings is 1. The molecule has 1 aromatic heterocycles. The summed E-state index contributed by atoms with van der Waals surface area (Å²) in [6.07, 6.45) is 1.78.